The number of unbranched alkanes of at least 4 members (excludes halogenated alkanes) is 4. The Kier molecular flexibility index (Phi) is 22.1. The predicted molar refractivity (Wildman–Crippen MR) is 276 cm³/mol. The average Bonchev–Trinajstić information content (AvgIpc) is 3.95. The maximum Gasteiger partial charge on any atom is 0.407 e. The van der Waals surface area contributed by atoms with Gasteiger partial charge in [-0.2, -0.15) is 0 Å². The van der Waals surface area contributed by atoms with Gasteiger partial charge in [-0.15, -0.1) is 11.8 Å². The number of carbonyl (C=O) groups is 10. The van der Waals surface area contributed by atoms with Gasteiger partial charge in [-0.1, -0.05) is 80.1 Å². The van der Waals surface area contributed by atoms with E-state index in [9.17, 15) is 43.2 Å². The number of H-pyrrole nitrogens is 1. The van der Waals surface area contributed by atoms with Gasteiger partial charge in [0.25, 0.3) is 0 Å². The van der Waals surface area contributed by atoms with Crippen LogP contribution in [0.3, 0.4) is 0 Å². The minimum Gasteiger partial charge on any atom is -0.497 e. The highest BCUT2D eigenvalue weighted by molar-refractivity contribution is 7.99. The zero-order chi connectivity index (χ0) is 54.2. The van der Waals surface area contributed by atoms with Gasteiger partial charge in [0.15, 0.2) is 11.6 Å². The number of thioether (sulfide) groups is 1. The molecule has 1 aromatic carbocycles. The molecule has 3 aliphatic rings. The fourth-order valence-corrected chi connectivity index (χ4v) is 10.9. The lowest BCUT2D eigenvalue weighted by molar-refractivity contribution is -0.145. The van der Waals surface area contributed by atoms with E-state index < -0.39 is 145 Å². The van der Waals surface area contributed by atoms with Gasteiger partial charge < -0.3 is 57.0 Å². The number of aromatic amines is 1. The summed E-state index contributed by atoms with van der Waals surface area (Å²) in [5.74, 6) is -9.91. The highest BCUT2D eigenvalue weighted by Gasteiger charge is 2.46. The van der Waals surface area contributed by atoms with Crippen molar-refractivity contribution < 1.29 is 57.4 Å². The van der Waals surface area contributed by atoms with E-state index in [1.54, 1.807) is 25.1 Å². The number of benzene rings is 1. The molecular weight excluding hydrogens is 975 g/mol. The Bertz CT molecular complexity index is 2380. The molecule has 0 spiro atoms. The fourth-order valence-electron chi connectivity index (χ4n) is 9.73. The Labute approximate surface area is 437 Å². The van der Waals surface area contributed by atoms with Crippen molar-refractivity contribution in [2.75, 3.05) is 39.0 Å². The molecule has 4 heterocycles. The smallest absolute Gasteiger partial charge is 0.407 e. The number of nitrogens with one attached hydrogen (secondary N) is 7. The third-order valence-electron chi connectivity index (χ3n) is 14.7. The van der Waals surface area contributed by atoms with Crippen molar-refractivity contribution in [3.63, 3.8) is 0 Å². The Morgan fingerprint density at radius 3 is 2.20 bits per heavy atom. The van der Waals surface area contributed by atoms with E-state index in [1.807, 2.05) is 27.7 Å². The number of alkyl carbamates (subject to hydrolysis) is 1. The maximum atomic E-state index is 15.1. The standard InChI is InChI=1S/C52H77N9O12S/c1-8-11-12-13-14-17-54-52(71)73-34-23-39-48(68)60-46(30(6)28(4)9-2)41(63)19-31-18-36-35-16-15-33(72-7)22-37(35)58-50(36)74-27-38(40(62)20-32(21-42(53)64)51(70)61(39)26-34)57-43(65)24-56-49(69)45(29(5)10-3)59-44(66)25-55-47(31)67/h15-16,22,28-32,34,38-39,45-46,58H,8-14,17-21,23-27H2,1-7H3,(H2,53,64)(H,54,71)(H,55,67)(H,56,69)(H,57,65)(H,59,66)(H,60,68)/t28-,29-,30-,31+,32-,34+,38-,39?,45-,46-/m0/s1. The number of ether oxygens (including phenoxy) is 2. The summed E-state index contributed by atoms with van der Waals surface area (Å²) >= 11 is 1.12. The summed E-state index contributed by atoms with van der Waals surface area (Å²) in [5.41, 5.74) is 6.88. The van der Waals surface area contributed by atoms with Crippen molar-refractivity contribution in [2.24, 2.45) is 35.3 Å². The Hall–Kier alpha value is -6.19. The first-order valence-electron chi connectivity index (χ1n) is 26.1. The SMILES string of the molecule is CCCCCCCNC(=O)O[C@@H]1CC2C(=O)N[C@@H]([C@@H](C)[C@@H](C)CC)C(=O)C[C@H]3Cc4c([nH]c5cc(OC)ccc45)SC[C@H](NC(=O)CNC(=O)[C@H]([C@@H](C)CC)NC(=O)CNC3=O)C(=O)C[C@@H](CC(N)=O)C(=O)N2C1. The van der Waals surface area contributed by atoms with Crippen molar-refractivity contribution in [3.05, 3.63) is 23.8 Å². The number of aromatic nitrogens is 1. The van der Waals surface area contributed by atoms with Crippen LogP contribution in [-0.2, 0) is 54.3 Å². The van der Waals surface area contributed by atoms with Crippen LogP contribution in [0.25, 0.3) is 10.9 Å². The molecular formula is C52H77N9O12S. The molecule has 1 saturated heterocycles. The molecule has 408 valence electrons. The molecule has 74 heavy (non-hydrogen) atoms. The summed E-state index contributed by atoms with van der Waals surface area (Å²) in [7, 11) is 1.50. The van der Waals surface area contributed by atoms with E-state index in [0.29, 0.717) is 53.0 Å². The number of hydrogen-bond donors (Lipinski definition) is 8. The molecule has 5 rings (SSSR count). The highest BCUT2D eigenvalue weighted by Crippen LogP contribution is 2.36. The molecule has 0 saturated carbocycles. The minimum atomic E-state index is -1.45. The normalized spacial score (nSPS) is 25.3. The lowest BCUT2D eigenvalue weighted by atomic mass is 9.81. The molecule has 2 aromatic rings. The van der Waals surface area contributed by atoms with E-state index in [0.717, 1.165) is 42.3 Å². The summed E-state index contributed by atoms with van der Waals surface area (Å²) in [6, 6.07) is 0.181. The Morgan fingerprint density at radius 2 is 1.53 bits per heavy atom. The van der Waals surface area contributed by atoms with Gasteiger partial charge in [-0.05, 0) is 48.3 Å². The number of primary amides is 1. The number of ketones is 2. The van der Waals surface area contributed by atoms with Crippen LogP contribution in [0, 0.1) is 29.6 Å². The van der Waals surface area contributed by atoms with Crippen LogP contribution in [0.5, 0.6) is 5.75 Å². The molecule has 1 unspecified atom stereocenters. The number of nitrogens with zero attached hydrogens (tertiary/aromatic N) is 1. The summed E-state index contributed by atoms with van der Waals surface area (Å²) in [5, 5.41) is 17.4. The molecule has 0 radical (unpaired) electrons. The third-order valence-corrected chi connectivity index (χ3v) is 15.9. The maximum absolute atomic E-state index is 15.1. The van der Waals surface area contributed by atoms with Crippen LogP contribution in [-0.4, -0.2) is 138 Å². The van der Waals surface area contributed by atoms with Crippen molar-refractivity contribution in [1.82, 2.24) is 41.8 Å². The lowest BCUT2D eigenvalue weighted by Gasteiger charge is -2.33. The highest BCUT2D eigenvalue weighted by atomic mass is 32.2. The van der Waals surface area contributed by atoms with Crippen molar-refractivity contribution in [1.29, 1.82) is 0 Å². The molecule has 1 aromatic heterocycles. The zero-order valence-electron chi connectivity index (χ0n) is 43.9. The van der Waals surface area contributed by atoms with Crippen LogP contribution in [0.4, 0.5) is 4.79 Å². The third kappa shape index (κ3) is 15.9. The van der Waals surface area contributed by atoms with Gasteiger partial charge in [-0.3, -0.25) is 43.2 Å². The zero-order valence-corrected chi connectivity index (χ0v) is 44.7. The first-order chi connectivity index (χ1) is 35.3. The Balaban J connectivity index is 1.66. The molecule has 3 aliphatic heterocycles. The molecule has 22 heteroatoms. The molecule has 9 N–H and O–H groups in total. The second kappa shape index (κ2) is 27.9. The molecule has 1 fully saturated rings. The minimum absolute atomic E-state index is 0.0828. The van der Waals surface area contributed by atoms with Gasteiger partial charge >= 0.3 is 6.09 Å². The number of rotatable bonds is 15. The molecule has 2 bridgehead atoms. The van der Waals surface area contributed by atoms with Crippen LogP contribution in [0.2, 0.25) is 0 Å². The lowest BCUT2D eigenvalue weighted by Crippen LogP contribution is -2.56. The van der Waals surface area contributed by atoms with Gasteiger partial charge in [0.2, 0.25) is 41.4 Å². The average molecular weight is 1050 g/mol. The number of hydrogen-bond acceptors (Lipinski definition) is 13. The summed E-state index contributed by atoms with van der Waals surface area (Å²) < 4.78 is 11.3. The van der Waals surface area contributed by atoms with Gasteiger partial charge in [-0.25, -0.2) is 4.79 Å². The number of methoxy groups -OCH3 is 1. The second-order valence-corrected chi connectivity index (χ2v) is 21.1. The van der Waals surface area contributed by atoms with Gasteiger partial charge in [0.05, 0.1) is 55.3 Å². The summed E-state index contributed by atoms with van der Waals surface area (Å²) in [6.07, 6.45) is 2.04. The monoisotopic (exact) mass is 1050 g/mol. The molecule has 10 atom stereocenters. The Morgan fingerprint density at radius 1 is 0.824 bits per heavy atom. The number of amides is 8. The van der Waals surface area contributed by atoms with Crippen molar-refractivity contribution in [2.45, 2.75) is 154 Å². The summed E-state index contributed by atoms with van der Waals surface area (Å²) in [4.78, 5) is 146. The van der Waals surface area contributed by atoms with E-state index >= 15 is 4.79 Å². The van der Waals surface area contributed by atoms with Crippen LogP contribution >= 0.6 is 11.8 Å². The first-order valence-corrected chi connectivity index (χ1v) is 27.1. The molecule has 0 aliphatic carbocycles. The van der Waals surface area contributed by atoms with Gasteiger partial charge in [0.1, 0.15) is 23.9 Å². The second-order valence-electron chi connectivity index (χ2n) is 20.1. The molecule has 8 amide bonds. The van der Waals surface area contributed by atoms with E-state index in [2.05, 4.69) is 43.8 Å². The fraction of sp³-hybridized carbons (Fsp3) is 0.654. The number of Topliss-reactive ketones (excluding diaryl/α,β-unsaturated/α-hetero) is 2. The predicted octanol–water partition coefficient (Wildman–Crippen LogP) is 2.95. The van der Waals surface area contributed by atoms with Crippen molar-refractivity contribution in [3.8, 4) is 5.75 Å². The van der Waals surface area contributed by atoms with Crippen LogP contribution in [0.15, 0.2) is 23.2 Å². The largest absolute Gasteiger partial charge is 0.497 e. The van der Waals surface area contributed by atoms with E-state index in [4.69, 9.17) is 15.2 Å². The van der Waals surface area contributed by atoms with Crippen LogP contribution < -0.4 is 42.4 Å². The van der Waals surface area contributed by atoms with E-state index in [-0.39, 0.29) is 31.1 Å². The number of fused-ring (bicyclic) bond motifs is 5. The van der Waals surface area contributed by atoms with Crippen LogP contribution in [0.1, 0.15) is 118 Å². The quantitative estimate of drug-likeness (QED) is 0.119. The summed E-state index contributed by atoms with van der Waals surface area (Å²) in [6.45, 7) is 10.2. The van der Waals surface area contributed by atoms with Gasteiger partial charge in [0, 0.05) is 55.4 Å². The molecule has 21 nitrogen and oxygen atoms in total. The first kappa shape index (κ1) is 58.7. The number of nitrogens with two attached hydrogens (primary N) is 1. The van der Waals surface area contributed by atoms with E-state index in [1.165, 1.54) is 7.11 Å². The topological polar surface area (TPSA) is 306 Å². The number of carbonyl (C=O) groups excluding carboxylic acids is 10. The van der Waals surface area contributed by atoms with Crippen molar-refractivity contribution >= 4 is 81.7 Å².